The van der Waals surface area contributed by atoms with E-state index in [0.29, 0.717) is 17.1 Å². The third kappa shape index (κ3) is 3.15. The first-order chi connectivity index (χ1) is 12.0. The third-order valence-corrected chi connectivity index (χ3v) is 4.01. The molecule has 0 fully saturated rings. The maximum absolute atomic E-state index is 13.5. The summed E-state index contributed by atoms with van der Waals surface area (Å²) in [4.78, 5) is 4.25. The van der Waals surface area contributed by atoms with Gasteiger partial charge in [0.2, 0.25) is 0 Å². The summed E-state index contributed by atoms with van der Waals surface area (Å²) >= 11 is 0. The van der Waals surface area contributed by atoms with Gasteiger partial charge in [0.05, 0.1) is 22.2 Å². The van der Waals surface area contributed by atoms with E-state index in [1.807, 2.05) is 0 Å². The van der Waals surface area contributed by atoms with Crippen LogP contribution in [0.1, 0.15) is 31.0 Å². The molecular formula is C18H14F6N2. The molecule has 26 heavy (non-hydrogen) atoms. The number of nitrogens with zero attached hydrogens (tertiary/aromatic N) is 2. The van der Waals surface area contributed by atoms with Crippen LogP contribution in [0.3, 0.4) is 0 Å². The number of hydrogen-bond acceptors (Lipinski definition) is 1. The maximum atomic E-state index is 13.5. The lowest BCUT2D eigenvalue weighted by atomic mass is 10.0. The van der Waals surface area contributed by atoms with Crippen molar-refractivity contribution in [2.45, 2.75) is 32.2 Å². The highest BCUT2D eigenvalue weighted by Crippen LogP contribution is 2.41. The Morgan fingerprint density at radius 1 is 0.885 bits per heavy atom. The molecule has 0 aliphatic heterocycles. The lowest BCUT2D eigenvalue weighted by molar-refractivity contribution is -0.142. The summed E-state index contributed by atoms with van der Waals surface area (Å²) in [5.41, 5.74) is -1.99. The second-order valence-electron chi connectivity index (χ2n) is 6.14. The lowest BCUT2D eigenvalue weighted by Crippen LogP contribution is -2.14. The second-order valence-corrected chi connectivity index (χ2v) is 6.14. The fraction of sp³-hybridized carbons (Fsp3) is 0.278. The molecule has 0 spiro atoms. The molecule has 2 nitrogen and oxygen atoms in total. The van der Waals surface area contributed by atoms with Gasteiger partial charge in [-0.25, -0.2) is 4.98 Å². The van der Waals surface area contributed by atoms with Crippen LogP contribution in [0.2, 0.25) is 0 Å². The number of rotatable bonds is 2. The van der Waals surface area contributed by atoms with Gasteiger partial charge < -0.3 is 4.57 Å². The van der Waals surface area contributed by atoms with Gasteiger partial charge in [0.15, 0.2) is 0 Å². The van der Waals surface area contributed by atoms with Crippen LogP contribution in [0.15, 0.2) is 42.5 Å². The van der Waals surface area contributed by atoms with Crippen molar-refractivity contribution in [1.82, 2.24) is 9.55 Å². The number of aromatic nitrogens is 2. The highest BCUT2D eigenvalue weighted by Gasteiger charge is 2.39. The van der Waals surface area contributed by atoms with E-state index in [9.17, 15) is 26.3 Å². The first kappa shape index (κ1) is 18.3. The molecule has 0 bridgehead atoms. The largest absolute Gasteiger partial charge is 0.417 e. The summed E-state index contributed by atoms with van der Waals surface area (Å²) in [6.45, 7) is 3.55. The van der Waals surface area contributed by atoms with Gasteiger partial charge in [-0.15, -0.1) is 0 Å². The summed E-state index contributed by atoms with van der Waals surface area (Å²) in [7, 11) is 0. The number of para-hydroxylation sites is 2. The number of benzene rings is 2. The van der Waals surface area contributed by atoms with Crippen molar-refractivity contribution >= 4 is 11.0 Å². The number of fused-ring (bicyclic) bond motifs is 1. The van der Waals surface area contributed by atoms with E-state index in [4.69, 9.17) is 0 Å². The van der Waals surface area contributed by atoms with Crippen LogP contribution >= 0.6 is 0 Å². The third-order valence-electron chi connectivity index (χ3n) is 4.01. The minimum absolute atomic E-state index is 0.0118. The summed E-state index contributed by atoms with van der Waals surface area (Å²) in [5, 5.41) is 0. The van der Waals surface area contributed by atoms with E-state index in [1.54, 1.807) is 42.7 Å². The number of hydrogen-bond donors (Lipinski definition) is 0. The van der Waals surface area contributed by atoms with Gasteiger partial charge >= 0.3 is 12.4 Å². The maximum Gasteiger partial charge on any atom is 0.417 e. The van der Waals surface area contributed by atoms with Crippen molar-refractivity contribution in [3.63, 3.8) is 0 Å². The molecule has 0 atom stereocenters. The quantitative estimate of drug-likeness (QED) is 0.481. The molecule has 0 saturated heterocycles. The van der Waals surface area contributed by atoms with Crippen LogP contribution in [0.5, 0.6) is 0 Å². The summed E-state index contributed by atoms with van der Waals surface area (Å²) in [6, 6.07) is 8.17. The molecular weight excluding hydrogens is 358 g/mol. The molecule has 8 heteroatoms. The van der Waals surface area contributed by atoms with Crippen LogP contribution in [-0.2, 0) is 12.4 Å². The zero-order chi connectivity index (χ0) is 19.3. The Bertz CT molecular complexity index is 950. The van der Waals surface area contributed by atoms with E-state index in [0.717, 1.165) is 6.07 Å². The SMILES string of the molecule is CC(C)n1c(-c2ccc(C(F)(F)F)cc2C(F)(F)F)nc2ccccc21. The first-order valence-corrected chi connectivity index (χ1v) is 7.76. The number of halogens is 6. The molecule has 0 amide bonds. The predicted octanol–water partition coefficient (Wildman–Crippen LogP) is 6.32. The average Bonchev–Trinajstić information content (AvgIpc) is 2.92. The van der Waals surface area contributed by atoms with E-state index < -0.39 is 23.5 Å². The molecule has 3 aromatic rings. The van der Waals surface area contributed by atoms with Gasteiger partial charge in [0, 0.05) is 11.6 Å². The Kier molecular flexibility index (Phi) is 4.24. The molecule has 1 aromatic heterocycles. The summed E-state index contributed by atoms with van der Waals surface area (Å²) < 4.78 is 80.7. The van der Waals surface area contributed by atoms with Crippen molar-refractivity contribution in [3.05, 3.63) is 53.6 Å². The number of alkyl halides is 6. The lowest BCUT2D eigenvalue weighted by Gasteiger charge is -2.18. The smallest absolute Gasteiger partial charge is 0.321 e. The zero-order valence-corrected chi connectivity index (χ0v) is 13.8. The Hall–Kier alpha value is -2.51. The Balaban J connectivity index is 2.34. The first-order valence-electron chi connectivity index (χ1n) is 7.76. The van der Waals surface area contributed by atoms with E-state index in [-0.39, 0.29) is 23.5 Å². The molecule has 0 unspecified atom stereocenters. The zero-order valence-electron chi connectivity index (χ0n) is 13.8. The number of imidazole rings is 1. The topological polar surface area (TPSA) is 17.8 Å². The molecule has 0 saturated carbocycles. The summed E-state index contributed by atoms with van der Waals surface area (Å²) in [5.74, 6) is -0.0118. The Morgan fingerprint density at radius 2 is 1.54 bits per heavy atom. The van der Waals surface area contributed by atoms with E-state index >= 15 is 0 Å². The molecule has 0 radical (unpaired) electrons. The standard InChI is InChI=1S/C18H14F6N2/c1-10(2)26-15-6-4-3-5-14(15)25-16(26)12-8-7-11(17(19,20)21)9-13(12)18(22,23)24/h3-10H,1-2H3. The fourth-order valence-corrected chi connectivity index (χ4v) is 2.91. The molecule has 0 N–H and O–H groups in total. The minimum Gasteiger partial charge on any atom is -0.321 e. The monoisotopic (exact) mass is 372 g/mol. The van der Waals surface area contributed by atoms with Gasteiger partial charge in [0.1, 0.15) is 5.82 Å². The molecule has 2 aromatic carbocycles. The highest BCUT2D eigenvalue weighted by atomic mass is 19.4. The Labute approximate surface area is 145 Å². The van der Waals surface area contributed by atoms with Gasteiger partial charge in [0.25, 0.3) is 0 Å². The summed E-state index contributed by atoms with van der Waals surface area (Å²) in [6.07, 6.45) is -9.81. The Morgan fingerprint density at radius 3 is 2.12 bits per heavy atom. The second kappa shape index (κ2) is 6.03. The fourth-order valence-electron chi connectivity index (χ4n) is 2.91. The van der Waals surface area contributed by atoms with Gasteiger partial charge in [-0.2, -0.15) is 26.3 Å². The minimum atomic E-state index is -4.95. The van der Waals surface area contributed by atoms with Gasteiger partial charge in [-0.3, -0.25) is 0 Å². The van der Waals surface area contributed by atoms with Crippen molar-refractivity contribution in [1.29, 1.82) is 0 Å². The normalized spacial score (nSPS) is 13.0. The van der Waals surface area contributed by atoms with E-state index in [2.05, 4.69) is 4.98 Å². The molecule has 3 rings (SSSR count). The van der Waals surface area contributed by atoms with Crippen molar-refractivity contribution in [2.24, 2.45) is 0 Å². The van der Waals surface area contributed by atoms with Crippen molar-refractivity contribution in [2.75, 3.05) is 0 Å². The van der Waals surface area contributed by atoms with Crippen LogP contribution < -0.4 is 0 Å². The molecule has 1 heterocycles. The molecule has 0 aliphatic rings. The van der Waals surface area contributed by atoms with Crippen LogP contribution in [0, 0.1) is 0 Å². The van der Waals surface area contributed by atoms with Crippen LogP contribution in [0.25, 0.3) is 22.4 Å². The predicted molar refractivity (Wildman–Crippen MR) is 85.6 cm³/mol. The molecule has 138 valence electrons. The average molecular weight is 372 g/mol. The van der Waals surface area contributed by atoms with Gasteiger partial charge in [-0.05, 0) is 38.1 Å². The van der Waals surface area contributed by atoms with Crippen molar-refractivity contribution in [3.8, 4) is 11.4 Å². The molecule has 0 aliphatic carbocycles. The van der Waals surface area contributed by atoms with Gasteiger partial charge in [-0.1, -0.05) is 18.2 Å². The highest BCUT2D eigenvalue weighted by molar-refractivity contribution is 5.81. The van der Waals surface area contributed by atoms with Crippen LogP contribution in [-0.4, -0.2) is 9.55 Å². The van der Waals surface area contributed by atoms with E-state index in [1.165, 1.54) is 0 Å². The van der Waals surface area contributed by atoms with Crippen LogP contribution in [0.4, 0.5) is 26.3 Å². The van der Waals surface area contributed by atoms with Crippen molar-refractivity contribution < 1.29 is 26.3 Å².